The second kappa shape index (κ2) is 8.54. The molecule has 5 aliphatic rings. The fourth-order valence-electron chi connectivity index (χ4n) is 6.75. The van der Waals surface area contributed by atoms with Gasteiger partial charge in [-0.2, -0.15) is 0 Å². The number of Topliss-reactive ketones (excluding diaryl/α,β-unsaturated/α-hetero) is 1. The Morgan fingerprint density at radius 3 is 2.22 bits per heavy atom. The van der Waals surface area contributed by atoms with Crippen LogP contribution in [0.1, 0.15) is 33.5 Å². The van der Waals surface area contributed by atoms with Crippen molar-refractivity contribution in [1.29, 1.82) is 0 Å². The molecule has 7 rings (SSSR count). The Hall–Kier alpha value is -3.54. The summed E-state index contributed by atoms with van der Waals surface area (Å²) in [5.74, 6) is -1.24. The SMILES string of the molecule is Cc1ccc(C)c(C(=O)COC(=O)[C@H](Cc2ccccc2)N2C(=O)[C@@H]3[C@H]4C=C[C@@H]([C@@H]5C[C@H]45)[C@H]3C2=O)c1. The Balaban J connectivity index is 1.25. The molecule has 1 heterocycles. The smallest absolute Gasteiger partial charge is 0.330 e. The number of hydrogen-bond donors (Lipinski definition) is 0. The van der Waals surface area contributed by atoms with Crippen LogP contribution in [0, 0.1) is 49.4 Å². The minimum absolute atomic E-state index is 0.0747. The Morgan fingerprint density at radius 2 is 1.58 bits per heavy atom. The molecule has 3 fully saturated rings. The number of ether oxygens (including phenoxy) is 1. The summed E-state index contributed by atoms with van der Waals surface area (Å²) in [5, 5.41) is 0. The van der Waals surface area contributed by atoms with Gasteiger partial charge in [0.05, 0.1) is 11.8 Å². The van der Waals surface area contributed by atoms with Crippen LogP contribution in [0.5, 0.6) is 0 Å². The molecule has 2 bridgehead atoms. The van der Waals surface area contributed by atoms with Gasteiger partial charge in [0.15, 0.2) is 6.61 Å². The summed E-state index contributed by atoms with van der Waals surface area (Å²) in [6, 6.07) is 13.8. The maximum absolute atomic E-state index is 13.7. The van der Waals surface area contributed by atoms with E-state index < -0.39 is 18.6 Å². The highest BCUT2D eigenvalue weighted by atomic mass is 16.5. The summed E-state index contributed by atoms with van der Waals surface area (Å²) in [7, 11) is 0. The van der Waals surface area contributed by atoms with E-state index in [0.29, 0.717) is 17.4 Å². The van der Waals surface area contributed by atoms with Crippen LogP contribution >= 0.6 is 0 Å². The van der Waals surface area contributed by atoms with Crippen LogP contribution in [-0.4, -0.2) is 41.1 Å². The molecule has 1 aliphatic heterocycles. The van der Waals surface area contributed by atoms with Crippen molar-refractivity contribution < 1.29 is 23.9 Å². The number of imide groups is 1. The van der Waals surface area contributed by atoms with Crippen LogP contribution in [0.25, 0.3) is 0 Å². The second-order valence-corrected chi connectivity index (χ2v) is 10.8. The number of rotatable bonds is 7. The predicted molar refractivity (Wildman–Crippen MR) is 132 cm³/mol. The summed E-state index contributed by atoms with van der Waals surface area (Å²) in [6.07, 6.45) is 5.46. The van der Waals surface area contributed by atoms with E-state index in [-0.39, 0.29) is 47.7 Å². The molecule has 2 saturated carbocycles. The van der Waals surface area contributed by atoms with Gasteiger partial charge < -0.3 is 4.74 Å². The lowest BCUT2D eigenvalue weighted by molar-refractivity contribution is -0.158. The van der Waals surface area contributed by atoms with Crippen molar-refractivity contribution >= 4 is 23.6 Å². The molecule has 0 spiro atoms. The van der Waals surface area contributed by atoms with E-state index in [9.17, 15) is 19.2 Å². The molecule has 2 amide bonds. The second-order valence-electron chi connectivity index (χ2n) is 10.8. The van der Waals surface area contributed by atoms with Gasteiger partial charge in [-0.15, -0.1) is 0 Å². The highest BCUT2D eigenvalue weighted by molar-refractivity contribution is 6.09. The van der Waals surface area contributed by atoms with Gasteiger partial charge in [0.1, 0.15) is 6.04 Å². The lowest BCUT2D eigenvalue weighted by atomic mass is 9.63. The topological polar surface area (TPSA) is 80.8 Å². The lowest BCUT2D eigenvalue weighted by Crippen LogP contribution is -2.48. The number of carbonyl (C=O) groups is 4. The molecule has 0 aromatic heterocycles. The number of nitrogens with zero attached hydrogens (tertiary/aromatic N) is 1. The van der Waals surface area contributed by atoms with Gasteiger partial charge in [-0.25, -0.2) is 4.79 Å². The van der Waals surface area contributed by atoms with Crippen molar-refractivity contribution in [2.24, 2.45) is 35.5 Å². The minimum Gasteiger partial charge on any atom is -0.456 e. The standard InChI is InChI=1S/C30H29NO5/c1-16-8-9-17(2)21(12-16)25(32)15-36-30(35)24(13-18-6-4-3-5-7-18)31-28(33)26-19-10-11-20(23-14-22(19)23)27(26)29(31)34/h3-12,19-20,22-24,26-27H,13-15H2,1-2H3/t19-,20-,22-,23+,24-,26+,27+/m0/s1. The first-order chi connectivity index (χ1) is 17.3. The molecule has 6 nitrogen and oxygen atoms in total. The molecule has 0 N–H and O–H groups in total. The van der Waals surface area contributed by atoms with Gasteiger partial charge in [-0.1, -0.05) is 60.2 Å². The first-order valence-corrected chi connectivity index (χ1v) is 12.7. The van der Waals surface area contributed by atoms with E-state index >= 15 is 0 Å². The maximum Gasteiger partial charge on any atom is 0.330 e. The van der Waals surface area contributed by atoms with E-state index in [0.717, 1.165) is 23.1 Å². The average Bonchev–Trinajstić information content (AvgIpc) is 3.66. The molecule has 2 aromatic carbocycles. The highest BCUT2D eigenvalue weighted by Crippen LogP contribution is 2.65. The maximum atomic E-state index is 13.7. The van der Waals surface area contributed by atoms with Gasteiger partial charge in [0.2, 0.25) is 17.6 Å². The van der Waals surface area contributed by atoms with Crippen LogP contribution < -0.4 is 0 Å². The van der Waals surface area contributed by atoms with Crippen molar-refractivity contribution in [2.75, 3.05) is 6.61 Å². The minimum atomic E-state index is -1.10. The van der Waals surface area contributed by atoms with Crippen molar-refractivity contribution in [3.05, 3.63) is 82.9 Å². The Kier molecular flexibility index (Phi) is 5.43. The van der Waals surface area contributed by atoms with Crippen molar-refractivity contribution in [3.8, 4) is 0 Å². The fourth-order valence-corrected chi connectivity index (χ4v) is 6.75. The van der Waals surface area contributed by atoms with E-state index in [1.54, 1.807) is 6.07 Å². The average molecular weight is 484 g/mol. The van der Waals surface area contributed by atoms with Crippen LogP contribution in [0.2, 0.25) is 0 Å². The first-order valence-electron chi connectivity index (χ1n) is 12.7. The van der Waals surface area contributed by atoms with E-state index in [1.165, 1.54) is 4.90 Å². The summed E-state index contributed by atoms with van der Waals surface area (Å²) < 4.78 is 5.50. The largest absolute Gasteiger partial charge is 0.456 e. The molecule has 6 heteroatoms. The first kappa shape index (κ1) is 22.9. The monoisotopic (exact) mass is 483 g/mol. The number of aryl methyl sites for hydroxylation is 2. The molecule has 2 aromatic rings. The van der Waals surface area contributed by atoms with E-state index in [1.807, 2.05) is 56.3 Å². The van der Waals surface area contributed by atoms with Gasteiger partial charge in [-0.05, 0) is 61.1 Å². The Labute approximate surface area is 210 Å². The molecule has 7 atom stereocenters. The quantitative estimate of drug-likeness (QED) is 0.260. The van der Waals surface area contributed by atoms with Crippen molar-refractivity contribution in [1.82, 2.24) is 4.90 Å². The third kappa shape index (κ3) is 3.62. The zero-order valence-corrected chi connectivity index (χ0v) is 20.4. The van der Waals surface area contributed by atoms with Gasteiger partial charge in [-0.3, -0.25) is 19.3 Å². The summed E-state index contributed by atoms with van der Waals surface area (Å²) in [6.45, 7) is 3.30. The third-order valence-electron chi connectivity index (χ3n) is 8.59. The molecule has 184 valence electrons. The van der Waals surface area contributed by atoms with Crippen LogP contribution in [0.4, 0.5) is 0 Å². The predicted octanol–water partition coefficient (Wildman–Crippen LogP) is 3.69. The molecule has 36 heavy (non-hydrogen) atoms. The molecule has 1 saturated heterocycles. The number of allylic oxidation sites excluding steroid dienone is 2. The van der Waals surface area contributed by atoms with Gasteiger partial charge in [0, 0.05) is 12.0 Å². The molecular formula is C30H29NO5. The number of benzene rings is 2. The van der Waals surface area contributed by atoms with Crippen molar-refractivity contribution in [2.45, 2.75) is 32.7 Å². The third-order valence-corrected chi connectivity index (χ3v) is 8.59. The fraction of sp³-hybridized carbons (Fsp3) is 0.400. The zero-order chi connectivity index (χ0) is 25.1. The molecule has 0 unspecified atom stereocenters. The number of hydrogen-bond acceptors (Lipinski definition) is 5. The number of carbonyl (C=O) groups excluding carboxylic acids is 4. The number of likely N-dealkylation sites (tertiary alicyclic amines) is 1. The van der Waals surface area contributed by atoms with Crippen LogP contribution in [0.15, 0.2) is 60.7 Å². The van der Waals surface area contributed by atoms with Crippen LogP contribution in [0.3, 0.4) is 0 Å². The zero-order valence-electron chi connectivity index (χ0n) is 20.4. The molecule has 4 aliphatic carbocycles. The normalized spacial score (nSPS) is 30.1. The van der Waals surface area contributed by atoms with E-state index in [2.05, 4.69) is 12.2 Å². The lowest BCUT2D eigenvalue weighted by Gasteiger charge is -2.37. The highest BCUT2D eigenvalue weighted by Gasteiger charge is 2.68. The Morgan fingerprint density at radius 1 is 0.944 bits per heavy atom. The number of ketones is 1. The van der Waals surface area contributed by atoms with Crippen molar-refractivity contribution in [3.63, 3.8) is 0 Å². The van der Waals surface area contributed by atoms with Crippen LogP contribution in [-0.2, 0) is 25.5 Å². The summed E-state index contributed by atoms with van der Waals surface area (Å²) >= 11 is 0. The molecule has 0 radical (unpaired) electrons. The Bertz CT molecular complexity index is 1260. The molecular weight excluding hydrogens is 454 g/mol. The number of esters is 1. The van der Waals surface area contributed by atoms with E-state index in [4.69, 9.17) is 4.74 Å². The van der Waals surface area contributed by atoms with Gasteiger partial charge in [0.25, 0.3) is 0 Å². The summed E-state index contributed by atoms with van der Waals surface area (Å²) in [5.41, 5.74) is 3.07. The van der Waals surface area contributed by atoms with Gasteiger partial charge >= 0.3 is 5.97 Å². The summed E-state index contributed by atoms with van der Waals surface area (Å²) in [4.78, 5) is 54.8. The number of amides is 2.